The van der Waals surface area contributed by atoms with Crippen molar-refractivity contribution < 1.29 is 13.2 Å². The van der Waals surface area contributed by atoms with Crippen LogP contribution in [0.25, 0.3) is 0 Å². The fourth-order valence-corrected chi connectivity index (χ4v) is 5.28. The second kappa shape index (κ2) is 8.29. The molecule has 150 valence electrons. The zero-order valence-electron chi connectivity index (χ0n) is 16.6. The van der Waals surface area contributed by atoms with Crippen molar-refractivity contribution in [3.8, 4) is 0 Å². The first-order valence-electron chi connectivity index (χ1n) is 9.92. The largest absolute Gasteiger partial charge is 0.354 e. The van der Waals surface area contributed by atoms with Crippen LogP contribution in [0.1, 0.15) is 38.3 Å². The number of amides is 1. The first-order valence-corrected chi connectivity index (χ1v) is 11.4. The molecular weight excluding hydrogens is 362 g/mol. The molecule has 0 bridgehead atoms. The van der Waals surface area contributed by atoms with E-state index >= 15 is 0 Å². The van der Waals surface area contributed by atoms with Crippen LogP contribution < -0.4 is 5.32 Å². The van der Waals surface area contributed by atoms with Crippen LogP contribution in [0.3, 0.4) is 0 Å². The molecule has 0 spiro atoms. The van der Waals surface area contributed by atoms with Gasteiger partial charge in [-0.2, -0.15) is 4.31 Å². The van der Waals surface area contributed by atoms with Gasteiger partial charge in [0, 0.05) is 32.7 Å². The molecule has 7 heteroatoms. The van der Waals surface area contributed by atoms with Gasteiger partial charge in [0.1, 0.15) is 0 Å². The number of fused-ring (bicyclic) bond motifs is 1. The van der Waals surface area contributed by atoms with Crippen LogP contribution in [0.5, 0.6) is 0 Å². The molecule has 1 aromatic carbocycles. The van der Waals surface area contributed by atoms with Gasteiger partial charge in [-0.25, -0.2) is 8.42 Å². The van der Waals surface area contributed by atoms with Gasteiger partial charge >= 0.3 is 0 Å². The van der Waals surface area contributed by atoms with Crippen LogP contribution in [-0.2, 0) is 27.7 Å². The number of benzene rings is 1. The van der Waals surface area contributed by atoms with Gasteiger partial charge in [0.15, 0.2) is 0 Å². The molecule has 2 aliphatic rings. The molecule has 6 nitrogen and oxygen atoms in total. The van der Waals surface area contributed by atoms with E-state index in [2.05, 4.69) is 24.1 Å². The molecule has 1 aromatic rings. The lowest BCUT2D eigenvalue weighted by molar-refractivity contribution is -0.126. The molecule has 1 saturated heterocycles. The van der Waals surface area contributed by atoms with Crippen molar-refractivity contribution in [1.29, 1.82) is 0 Å². The first-order chi connectivity index (χ1) is 12.8. The minimum atomic E-state index is -3.47. The summed E-state index contributed by atoms with van der Waals surface area (Å²) in [5.41, 5.74) is 2.45. The molecule has 1 fully saturated rings. The molecule has 1 N–H and O–H groups in total. The highest BCUT2D eigenvalue weighted by Gasteiger charge is 2.32. The molecule has 1 atom stereocenters. The number of nitrogens with zero attached hydrogens (tertiary/aromatic N) is 2. The number of nitrogens with one attached hydrogen (secondary N) is 1. The quantitative estimate of drug-likeness (QED) is 0.798. The van der Waals surface area contributed by atoms with E-state index in [0.717, 1.165) is 19.3 Å². The highest BCUT2D eigenvalue weighted by Crippen LogP contribution is 2.26. The van der Waals surface area contributed by atoms with Crippen LogP contribution in [0.4, 0.5) is 0 Å². The normalized spacial score (nSPS) is 19.9. The Morgan fingerprint density at radius 3 is 2.41 bits per heavy atom. The molecule has 1 heterocycles. The zero-order valence-corrected chi connectivity index (χ0v) is 17.4. The maximum atomic E-state index is 13.0. The second-order valence-electron chi connectivity index (χ2n) is 8.04. The molecule has 1 aliphatic heterocycles. The van der Waals surface area contributed by atoms with Gasteiger partial charge in [0.05, 0.1) is 10.9 Å². The van der Waals surface area contributed by atoms with E-state index in [-0.39, 0.29) is 11.9 Å². The van der Waals surface area contributed by atoms with Gasteiger partial charge in [-0.15, -0.1) is 0 Å². The Labute approximate surface area is 163 Å². The van der Waals surface area contributed by atoms with Gasteiger partial charge in [0.25, 0.3) is 0 Å². The number of sulfonamides is 1. The summed E-state index contributed by atoms with van der Waals surface area (Å²) < 4.78 is 27.6. The van der Waals surface area contributed by atoms with Crippen molar-refractivity contribution in [2.75, 3.05) is 32.7 Å². The average Bonchev–Trinajstić information content (AvgIpc) is 3.13. The molecule has 1 aliphatic carbocycles. The van der Waals surface area contributed by atoms with Crippen LogP contribution in [0.2, 0.25) is 0 Å². The maximum absolute atomic E-state index is 13.0. The molecule has 0 saturated carbocycles. The average molecular weight is 394 g/mol. The Morgan fingerprint density at radius 2 is 1.74 bits per heavy atom. The fourth-order valence-electron chi connectivity index (χ4n) is 3.81. The number of carbonyl (C=O) groups excluding carboxylic acids is 1. The first kappa shape index (κ1) is 20.3. The fraction of sp³-hybridized carbons (Fsp3) is 0.650. The summed E-state index contributed by atoms with van der Waals surface area (Å²) in [6.07, 6.45) is 3.12. The Hall–Kier alpha value is -1.44. The summed E-state index contributed by atoms with van der Waals surface area (Å²) in [5.74, 6) is 0.425. The Balaban J connectivity index is 1.60. The van der Waals surface area contributed by atoms with Gasteiger partial charge in [0.2, 0.25) is 15.9 Å². The van der Waals surface area contributed by atoms with E-state index in [1.165, 1.54) is 11.1 Å². The predicted octanol–water partition coefficient (Wildman–Crippen LogP) is 1.64. The lowest BCUT2D eigenvalue weighted by atomic mass is 10.1. The molecule has 3 rings (SSSR count). The zero-order chi connectivity index (χ0) is 19.6. The Kier molecular flexibility index (Phi) is 6.23. The number of aryl methyl sites for hydroxylation is 2. The van der Waals surface area contributed by atoms with Crippen molar-refractivity contribution in [1.82, 2.24) is 14.5 Å². The number of carbonyl (C=O) groups is 1. The third-order valence-electron chi connectivity index (χ3n) is 5.59. The summed E-state index contributed by atoms with van der Waals surface area (Å²) in [6, 6.07) is 5.32. The number of hydrogen-bond donors (Lipinski definition) is 1. The van der Waals surface area contributed by atoms with Gasteiger partial charge in [-0.3, -0.25) is 9.69 Å². The van der Waals surface area contributed by atoms with Crippen LogP contribution in [0, 0.1) is 5.92 Å². The van der Waals surface area contributed by atoms with E-state index < -0.39 is 10.0 Å². The monoisotopic (exact) mass is 393 g/mol. The predicted molar refractivity (Wildman–Crippen MR) is 106 cm³/mol. The van der Waals surface area contributed by atoms with Gasteiger partial charge in [-0.05, 0) is 55.4 Å². The van der Waals surface area contributed by atoms with Crippen molar-refractivity contribution in [2.45, 2.75) is 51.0 Å². The second-order valence-corrected chi connectivity index (χ2v) is 9.98. The smallest absolute Gasteiger partial charge is 0.243 e. The van der Waals surface area contributed by atoms with E-state index in [4.69, 9.17) is 0 Å². The maximum Gasteiger partial charge on any atom is 0.243 e. The third-order valence-corrected chi connectivity index (χ3v) is 7.49. The van der Waals surface area contributed by atoms with E-state index in [9.17, 15) is 13.2 Å². The van der Waals surface area contributed by atoms with Crippen molar-refractivity contribution >= 4 is 15.9 Å². The molecule has 0 unspecified atom stereocenters. The van der Waals surface area contributed by atoms with E-state index in [0.29, 0.717) is 43.5 Å². The lowest BCUT2D eigenvalue weighted by Crippen LogP contribution is -2.55. The molecule has 0 radical (unpaired) electrons. The van der Waals surface area contributed by atoms with Crippen LogP contribution >= 0.6 is 0 Å². The van der Waals surface area contributed by atoms with Crippen molar-refractivity contribution in [3.05, 3.63) is 29.3 Å². The molecule has 0 aromatic heterocycles. The van der Waals surface area contributed by atoms with E-state index in [1.807, 2.05) is 19.1 Å². The van der Waals surface area contributed by atoms with Crippen molar-refractivity contribution in [2.24, 2.45) is 5.92 Å². The molecular formula is C20H31N3O3S. The summed E-state index contributed by atoms with van der Waals surface area (Å²) in [4.78, 5) is 14.7. The summed E-state index contributed by atoms with van der Waals surface area (Å²) >= 11 is 0. The van der Waals surface area contributed by atoms with Crippen molar-refractivity contribution in [3.63, 3.8) is 0 Å². The van der Waals surface area contributed by atoms with Gasteiger partial charge in [-0.1, -0.05) is 19.9 Å². The SMILES string of the molecule is CC(C)CNC(=O)[C@@H](C)N1CCN(S(=O)(=O)c2ccc3c(c2)CCC3)CC1. The Bertz CT molecular complexity index is 784. The highest BCUT2D eigenvalue weighted by molar-refractivity contribution is 7.89. The number of rotatable bonds is 6. The molecule has 1 amide bonds. The summed E-state index contributed by atoms with van der Waals surface area (Å²) in [6.45, 7) is 8.65. The van der Waals surface area contributed by atoms with Crippen LogP contribution in [-0.4, -0.2) is 62.3 Å². The number of piperazine rings is 1. The van der Waals surface area contributed by atoms with Gasteiger partial charge < -0.3 is 5.32 Å². The summed E-state index contributed by atoms with van der Waals surface area (Å²) in [5, 5.41) is 2.96. The molecule has 27 heavy (non-hydrogen) atoms. The lowest BCUT2D eigenvalue weighted by Gasteiger charge is -2.36. The number of hydrogen-bond acceptors (Lipinski definition) is 4. The topological polar surface area (TPSA) is 69.7 Å². The van der Waals surface area contributed by atoms with Crippen LogP contribution in [0.15, 0.2) is 23.1 Å². The standard InChI is InChI=1S/C20H31N3O3S/c1-15(2)14-21-20(24)16(3)22-9-11-23(12-10-22)27(25,26)19-8-7-17-5-4-6-18(17)13-19/h7-8,13,15-16H,4-6,9-12,14H2,1-3H3,(H,21,24)/t16-/m1/s1. The minimum absolute atomic E-state index is 0.0126. The summed E-state index contributed by atoms with van der Waals surface area (Å²) in [7, 11) is -3.47. The highest BCUT2D eigenvalue weighted by atomic mass is 32.2. The van der Waals surface area contributed by atoms with E-state index in [1.54, 1.807) is 10.4 Å². The minimum Gasteiger partial charge on any atom is -0.354 e. The third kappa shape index (κ3) is 4.52. The Morgan fingerprint density at radius 1 is 1.07 bits per heavy atom.